The summed E-state index contributed by atoms with van der Waals surface area (Å²) < 4.78 is 14.0. The van der Waals surface area contributed by atoms with E-state index in [9.17, 15) is 4.39 Å². The maximum Gasteiger partial charge on any atom is 0.103 e. The zero-order chi connectivity index (χ0) is 9.97. The highest BCUT2D eigenvalue weighted by Gasteiger charge is 2.18. The van der Waals surface area contributed by atoms with Crippen LogP contribution in [0, 0.1) is 0 Å². The molecule has 1 heterocycles. The van der Waals surface area contributed by atoms with Gasteiger partial charge in [-0.15, -0.1) is 0 Å². The molecule has 0 amide bonds. The first kappa shape index (κ1) is 9.97. The van der Waals surface area contributed by atoms with Crippen molar-refractivity contribution in [1.82, 2.24) is 0 Å². The molecular formula is C11H13BrFN. The summed E-state index contributed by atoms with van der Waals surface area (Å²) in [6.07, 6.45) is 0.720. The molecule has 0 spiro atoms. The fourth-order valence-corrected chi connectivity index (χ4v) is 2.17. The maximum atomic E-state index is 12.9. The second kappa shape index (κ2) is 4.30. The number of anilines is 1. The third-order valence-electron chi connectivity index (χ3n) is 2.60. The summed E-state index contributed by atoms with van der Waals surface area (Å²) in [4.78, 5) is 2.24. The van der Waals surface area contributed by atoms with E-state index in [1.54, 1.807) is 0 Å². The molecule has 1 aliphatic heterocycles. The summed E-state index contributed by atoms with van der Waals surface area (Å²) in [7, 11) is 0. The van der Waals surface area contributed by atoms with Crippen molar-refractivity contribution < 1.29 is 4.39 Å². The molecule has 0 atom stereocenters. The van der Waals surface area contributed by atoms with Crippen molar-refractivity contribution in [3.8, 4) is 0 Å². The fourth-order valence-electron chi connectivity index (χ4n) is 1.78. The molecule has 76 valence electrons. The Bertz CT molecular complexity index is 308. The Hall–Kier alpha value is -0.570. The van der Waals surface area contributed by atoms with Crippen LogP contribution < -0.4 is 4.90 Å². The number of alkyl halides is 1. The van der Waals surface area contributed by atoms with Crippen molar-refractivity contribution in [2.24, 2.45) is 0 Å². The molecular weight excluding hydrogens is 245 g/mol. The predicted octanol–water partition coefficient (Wildman–Crippen LogP) is 3.39. The molecule has 1 aromatic carbocycles. The molecule has 0 radical (unpaired) electrons. The van der Waals surface area contributed by atoms with Crippen molar-refractivity contribution in [2.45, 2.75) is 19.0 Å². The van der Waals surface area contributed by atoms with E-state index in [4.69, 9.17) is 0 Å². The number of hydrogen-bond donors (Lipinski definition) is 0. The molecule has 2 rings (SSSR count). The van der Waals surface area contributed by atoms with Gasteiger partial charge in [0.2, 0.25) is 0 Å². The van der Waals surface area contributed by atoms with Crippen molar-refractivity contribution in [3.05, 3.63) is 28.7 Å². The summed E-state index contributed by atoms with van der Waals surface area (Å²) in [5.41, 5.74) is 1.19. The molecule has 0 saturated carbocycles. The van der Waals surface area contributed by atoms with Crippen LogP contribution in [0.15, 0.2) is 28.7 Å². The molecule has 1 fully saturated rings. The minimum atomic E-state index is -0.599. The van der Waals surface area contributed by atoms with Gasteiger partial charge in [-0.1, -0.05) is 22.0 Å². The van der Waals surface area contributed by atoms with Gasteiger partial charge in [0.05, 0.1) is 0 Å². The highest BCUT2D eigenvalue weighted by Crippen LogP contribution is 2.23. The first-order valence-electron chi connectivity index (χ1n) is 4.90. The lowest BCUT2D eigenvalue weighted by Crippen LogP contribution is -2.34. The maximum absolute atomic E-state index is 12.9. The minimum absolute atomic E-state index is 0.599. The normalized spacial score (nSPS) is 18.6. The molecule has 3 heteroatoms. The first-order valence-corrected chi connectivity index (χ1v) is 5.69. The van der Waals surface area contributed by atoms with Crippen LogP contribution >= 0.6 is 15.9 Å². The minimum Gasteiger partial charge on any atom is -0.371 e. The second-order valence-corrected chi connectivity index (χ2v) is 4.56. The van der Waals surface area contributed by atoms with Gasteiger partial charge in [-0.05, 0) is 31.0 Å². The summed E-state index contributed by atoms with van der Waals surface area (Å²) in [5.74, 6) is 0. The van der Waals surface area contributed by atoms with Crippen molar-refractivity contribution >= 4 is 21.6 Å². The van der Waals surface area contributed by atoms with E-state index in [0.717, 1.165) is 17.6 Å². The average Bonchev–Trinajstić information content (AvgIpc) is 2.19. The molecule has 1 aromatic rings. The zero-order valence-corrected chi connectivity index (χ0v) is 9.50. The molecule has 0 aliphatic carbocycles. The molecule has 1 aliphatic rings. The smallest absolute Gasteiger partial charge is 0.103 e. The summed E-state index contributed by atoms with van der Waals surface area (Å²) in [5, 5.41) is 0. The van der Waals surface area contributed by atoms with Crippen LogP contribution in [0.3, 0.4) is 0 Å². The standard InChI is InChI=1S/C11H13BrFN/c12-9-2-1-3-11(8-9)14-6-4-10(13)5-7-14/h1-3,8,10H,4-7H2. The van der Waals surface area contributed by atoms with Gasteiger partial charge in [0, 0.05) is 23.2 Å². The van der Waals surface area contributed by atoms with Gasteiger partial charge >= 0.3 is 0 Å². The zero-order valence-electron chi connectivity index (χ0n) is 7.92. The molecule has 14 heavy (non-hydrogen) atoms. The largest absolute Gasteiger partial charge is 0.371 e. The molecule has 1 nitrogen and oxygen atoms in total. The Morgan fingerprint density at radius 2 is 2.00 bits per heavy atom. The van der Waals surface area contributed by atoms with Gasteiger partial charge in [-0.25, -0.2) is 4.39 Å². The van der Waals surface area contributed by atoms with E-state index >= 15 is 0 Å². The summed E-state index contributed by atoms with van der Waals surface area (Å²) in [6, 6.07) is 8.17. The number of halogens is 2. The van der Waals surface area contributed by atoms with Crippen LogP contribution in [0.2, 0.25) is 0 Å². The summed E-state index contributed by atoms with van der Waals surface area (Å²) in [6.45, 7) is 1.66. The predicted molar refractivity (Wildman–Crippen MR) is 60.5 cm³/mol. The van der Waals surface area contributed by atoms with Crippen molar-refractivity contribution in [3.63, 3.8) is 0 Å². The quantitative estimate of drug-likeness (QED) is 0.746. The Morgan fingerprint density at radius 3 is 2.64 bits per heavy atom. The number of piperidine rings is 1. The average molecular weight is 258 g/mol. The van der Waals surface area contributed by atoms with Gasteiger partial charge in [-0.3, -0.25) is 0 Å². The second-order valence-electron chi connectivity index (χ2n) is 3.64. The van der Waals surface area contributed by atoms with E-state index in [-0.39, 0.29) is 0 Å². The van der Waals surface area contributed by atoms with Gasteiger partial charge in [0.1, 0.15) is 6.17 Å². The highest BCUT2D eigenvalue weighted by molar-refractivity contribution is 9.10. The fraction of sp³-hybridized carbons (Fsp3) is 0.455. The number of benzene rings is 1. The topological polar surface area (TPSA) is 3.24 Å². The lowest BCUT2D eigenvalue weighted by atomic mass is 10.1. The summed E-state index contributed by atoms with van der Waals surface area (Å²) >= 11 is 3.44. The van der Waals surface area contributed by atoms with Crippen molar-refractivity contribution in [2.75, 3.05) is 18.0 Å². The van der Waals surface area contributed by atoms with E-state index in [1.807, 2.05) is 12.1 Å². The monoisotopic (exact) mass is 257 g/mol. The number of hydrogen-bond acceptors (Lipinski definition) is 1. The number of rotatable bonds is 1. The lowest BCUT2D eigenvalue weighted by Gasteiger charge is -2.30. The molecule has 0 aromatic heterocycles. The third-order valence-corrected chi connectivity index (χ3v) is 3.09. The van der Waals surface area contributed by atoms with Gasteiger partial charge < -0.3 is 4.90 Å². The lowest BCUT2D eigenvalue weighted by molar-refractivity contribution is 0.277. The molecule has 0 unspecified atom stereocenters. The Labute approximate surface area is 92.0 Å². The highest BCUT2D eigenvalue weighted by atomic mass is 79.9. The van der Waals surface area contributed by atoms with Crippen LogP contribution in [0.25, 0.3) is 0 Å². The van der Waals surface area contributed by atoms with Gasteiger partial charge in [0.25, 0.3) is 0 Å². The van der Waals surface area contributed by atoms with Crippen LogP contribution in [-0.4, -0.2) is 19.3 Å². The van der Waals surface area contributed by atoms with E-state index in [1.165, 1.54) is 5.69 Å². The number of nitrogens with zero attached hydrogens (tertiary/aromatic N) is 1. The van der Waals surface area contributed by atoms with E-state index in [2.05, 4.69) is 33.0 Å². The van der Waals surface area contributed by atoms with Gasteiger partial charge in [-0.2, -0.15) is 0 Å². The Morgan fingerprint density at radius 1 is 1.29 bits per heavy atom. The van der Waals surface area contributed by atoms with E-state index < -0.39 is 6.17 Å². The van der Waals surface area contributed by atoms with Crippen LogP contribution in [-0.2, 0) is 0 Å². The van der Waals surface area contributed by atoms with Crippen LogP contribution in [0.4, 0.5) is 10.1 Å². The Kier molecular flexibility index (Phi) is 3.06. The first-order chi connectivity index (χ1) is 6.75. The Balaban J connectivity index is 2.08. The van der Waals surface area contributed by atoms with Crippen molar-refractivity contribution in [1.29, 1.82) is 0 Å². The van der Waals surface area contributed by atoms with Gasteiger partial charge in [0.15, 0.2) is 0 Å². The van der Waals surface area contributed by atoms with Crippen LogP contribution in [0.1, 0.15) is 12.8 Å². The SMILES string of the molecule is FC1CCN(c2cccc(Br)c2)CC1. The van der Waals surface area contributed by atoms with E-state index in [0.29, 0.717) is 12.8 Å². The molecule has 0 bridgehead atoms. The third kappa shape index (κ3) is 2.27. The van der Waals surface area contributed by atoms with Crippen LogP contribution in [0.5, 0.6) is 0 Å². The molecule has 1 saturated heterocycles. The molecule has 0 N–H and O–H groups in total.